The van der Waals surface area contributed by atoms with Crippen LogP contribution in [-0.2, 0) is 6.54 Å². The Hall–Kier alpha value is -1.35. The van der Waals surface area contributed by atoms with Crippen molar-refractivity contribution in [3.63, 3.8) is 0 Å². The van der Waals surface area contributed by atoms with E-state index in [1.54, 1.807) is 0 Å². The van der Waals surface area contributed by atoms with Gasteiger partial charge in [-0.25, -0.2) is 0 Å². The number of nitrogens with zero attached hydrogens (tertiary/aromatic N) is 2. The van der Waals surface area contributed by atoms with E-state index in [1.165, 1.54) is 24.1 Å². The van der Waals surface area contributed by atoms with Gasteiger partial charge in [0.15, 0.2) is 0 Å². The fourth-order valence-electron chi connectivity index (χ4n) is 2.11. The van der Waals surface area contributed by atoms with Crippen LogP contribution in [0.4, 0.5) is 5.69 Å². The van der Waals surface area contributed by atoms with Crippen LogP contribution in [0.3, 0.4) is 0 Å². The van der Waals surface area contributed by atoms with Crippen LogP contribution >= 0.6 is 0 Å². The molecular weight excluding hydrogens is 222 g/mol. The summed E-state index contributed by atoms with van der Waals surface area (Å²) in [5, 5.41) is 3.48. The molecule has 0 saturated heterocycles. The summed E-state index contributed by atoms with van der Waals surface area (Å²) in [5.41, 5.74) is 2.58. The number of hydrogen-bond acceptors (Lipinski definition) is 3. The van der Waals surface area contributed by atoms with E-state index in [-0.39, 0.29) is 0 Å². The largest absolute Gasteiger partial charge is 0.363 e. The third-order valence-corrected chi connectivity index (χ3v) is 3.21. The van der Waals surface area contributed by atoms with Crippen LogP contribution in [0.2, 0.25) is 0 Å². The Bertz CT molecular complexity index is 396. The number of nitrogens with one attached hydrogen (secondary N) is 1. The minimum Gasteiger partial charge on any atom is -0.363 e. The second-order valence-electron chi connectivity index (χ2n) is 5.21. The molecule has 18 heavy (non-hydrogen) atoms. The summed E-state index contributed by atoms with van der Waals surface area (Å²) in [4.78, 5) is 6.71. The molecule has 0 spiro atoms. The van der Waals surface area contributed by atoms with Crippen LogP contribution < -0.4 is 10.2 Å². The van der Waals surface area contributed by atoms with E-state index < -0.39 is 0 Å². The third-order valence-electron chi connectivity index (χ3n) is 3.21. The van der Waals surface area contributed by atoms with Gasteiger partial charge in [-0.15, -0.1) is 6.58 Å². The summed E-state index contributed by atoms with van der Waals surface area (Å²) in [6.45, 7) is 10.0. The summed E-state index contributed by atoms with van der Waals surface area (Å²) in [5.74, 6) is 0. The summed E-state index contributed by atoms with van der Waals surface area (Å²) >= 11 is 0. The Morgan fingerprint density at radius 3 is 2.94 bits per heavy atom. The minimum atomic E-state index is 0.500. The molecule has 0 amide bonds. The maximum atomic E-state index is 4.28. The Balaban J connectivity index is 2.16. The zero-order chi connectivity index (χ0) is 13.0. The Labute approximate surface area is 110 Å². The van der Waals surface area contributed by atoms with Gasteiger partial charge in [0.1, 0.15) is 0 Å². The second kappa shape index (κ2) is 6.01. The maximum absolute atomic E-state index is 4.28. The van der Waals surface area contributed by atoms with Crippen LogP contribution in [0, 0.1) is 0 Å². The van der Waals surface area contributed by atoms with E-state index in [1.807, 2.05) is 18.5 Å². The molecule has 1 aliphatic carbocycles. The summed E-state index contributed by atoms with van der Waals surface area (Å²) < 4.78 is 0. The highest BCUT2D eigenvalue weighted by Crippen LogP contribution is 2.33. The number of hydrogen-bond donors (Lipinski definition) is 1. The molecule has 1 saturated carbocycles. The van der Waals surface area contributed by atoms with Crippen molar-refractivity contribution in [3.8, 4) is 0 Å². The molecule has 1 aromatic heterocycles. The van der Waals surface area contributed by atoms with Gasteiger partial charge in [0.25, 0.3) is 0 Å². The maximum Gasteiger partial charge on any atom is 0.0603 e. The highest BCUT2D eigenvalue weighted by atomic mass is 15.2. The van der Waals surface area contributed by atoms with Crippen molar-refractivity contribution in [2.45, 2.75) is 45.3 Å². The molecule has 0 radical (unpaired) electrons. The number of rotatable bonds is 7. The van der Waals surface area contributed by atoms with Crippen LogP contribution in [-0.4, -0.2) is 23.6 Å². The summed E-state index contributed by atoms with van der Waals surface area (Å²) in [7, 11) is 0. The molecule has 3 nitrogen and oxygen atoms in total. The van der Waals surface area contributed by atoms with Crippen molar-refractivity contribution < 1.29 is 0 Å². The molecular formula is C15H23N3. The SMILES string of the molecule is C=CCN(c1cnccc1CNC(C)C)C1CC1. The van der Waals surface area contributed by atoms with Crippen LogP contribution in [0.5, 0.6) is 0 Å². The van der Waals surface area contributed by atoms with Crippen molar-refractivity contribution in [2.75, 3.05) is 11.4 Å². The minimum absolute atomic E-state index is 0.500. The first-order valence-electron chi connectivity index (χ1n) is 6.76. The van der Waals surface area contributed by atoms with Gasteiger partial charge in [-0.1, -0.05) is 19.9 Å². The fraction of sp³-hybridized carbons (Fsp3) is 0.533. The van der Waals surface area contributed by atoms with Gasteiger partial charge in [-0.3, -0.25) is 4.98 Å². The van der Waals surface area contributed by atoms with E-state index in [9.17, 15) is 0 Å². The molecule has 98 valence electrons. The Morgan fingerprint density at radius 1 is 1.56 bits per heavy atom. The molecule has 2 rings (SSSR count). The predicted molar refractivity (Wildman–Crippen MR) is 76.8 cm³/mol. The average molecular weight is 245 g/mol. The number of pyridine rings is 1. The van der Waals surface area contributed by atoms with Crippen LogP contribution in [0.1, 0.15) is 32.3 Å². The van der Waals surface area contributed by atoms with E-state index in [0.717, 1.165) is 13.1 Å². The van der Waals surface area contributed by atoms with Gasteiger partial charge in [0, 0.05) is 31.4 Å². The molecule has 1 aromatic rings. The first-order chi connectivity index (χ1) is 8.72. The highest BCUT2D eigenvalue weighted by Gasteiger charge is 2.29. The van der Waals surface area contributed by atoms with Crippen molar-refractivity contribution in [1.29, 1.82) is 0 Å². The molecule has 1 N–H and O–H groups in total. The molecule has 0 aliphatic heterocycles. The van der Waals surface area contributed by atoms with Gasteiger partial charge < -0.3 is 10.2 Å². The first-order valence-corrected chi connectivity index (χ1v) is 6.76. The Morgan fingerprint density at radius 2 is 2.33 bits per heavy atom. The molecule has 0 atom stereocenters. The smallest absolute Gasteiger partial charge is 0.0603 e. The van der Waals surface area contributed by atoms with Gasteiger partial charge in [-0.2, -0.15) is 0 Å². The van der Waals surface area contributed by atoms with Crippen molar-refractivity contribution in [3.05, 3.63) is 36.7 Å². The lowest BCUT2D eigenvalue weighted by atomic mass is 10.2. The quantitative estimate of drug-likeness (QED) is 0.749. The topological polar surface area (TPSA) is 28.2 Å². The van der Waals surface area contributed by atoms with E-state index in [4.69, 9.17) is 0 Å². The zero-order valence-corrected chi connectivity index (χ0v) is 11.4. The van der Waals surface area contributed by atoms with Gasteiger partial charge in [-0.05, 0) is 24.5 Å². The van der Waals surface area contributed by atoms with Gasteiger partial charge in [0.05, 0.1) is 11.9 Å². The predicted octanol–water partition coefficient (Wildman–Crippen LogP) is 2.73. The molecule has 0 unspecified atom stereocenters. The first kappa shape index (κ1) is 13.1. The fourth-order valence-corrected chi connectivity index (χ4v) is 2.11. The highest BCUT2D eigenvalue weighted by molar-refractivity contribution is 5.54. The molecule has 0 bridgehead atoms. The lowest BCUT2D eigenvalue weighted by Gasteiger charge is -2.25. The molecule has 1 aliphatic rings. The van der Waals surface area contributed by atoms with Crippen molar-refractivity contribution in [2.24, 2.45) is 0 Å². The molecule has 1 heterocycles. The summed E-state index contributed by atoms with van der Waals surface area (Å²) in [6.07, 6.45) is 8.42. The lowest BCUT2D eigenvalue weighted by molar-refractivity contribution is 0.587. The number of anilines is 1. The van der Waals surface area contributed by atoms with Crippen molar-refractivity contribution in [1.82, 2.24) is 10.3 Å². The second-order valence-corrected chi connectivity index (χ2v) is 5.21. The average Bonchev–Trinajstić information content (AvgIpc) is 3.18. The normalized spacial score (nSPS) is 14.8. The summed E-state index contributed by atoms with van der Waals surface area (Å²) in [6, 6.07) is 3.30. The Kier molecular flexibility index (Phi) is 4.37. The zero-order valence-electron chi connectivity index (χ0n) is 11.4. The molecule has 1 fully saturated rings. The van der Waals surface area contributed by atoms with Crippen molar-refractivity contribution >= 4 is 5.69 Å². The molecule has 0 aromatic carbocycles. The van der Waals surface area contributed by atoms with Gasteiger partial charge >= 0.3 is 0 Å². The van der Waals surface area contributed by atoms with E-state index >= 15 is 0 Å². The monoisotopic (exact) mass is 245 g/mol. The van der Waals surface area contributed by atoms with E-state index in [2.05, 4.69) is 41.7 Å². The number of aromatic nitrogens is 1. The van der Waals surface area contributed by atoms with Crippen LogP contribution in [0.25, 0.3) is 0 Å². The van der Waals surface area contributed by atoms with Crippen LogP contribution in [0.15, 0.2) is 31.1 Å². The standard InChI is InChI=1S/C15H23N3/c1-4-9-18(14-5-6-14)15-11-16-8-7-13(15)10-17-12(2)3/h4,7-8,11-12,14,17H,1,5-6,9-10H2,2-3H3. The van der Waals surface area contributed by atoms with E-state index in [0.29, 0.717) is 12.1 Å². The van der Waals surface area contributed by atoms with Gasteiger partial charge in [0.2, 0.25) is 0 Å². The molecule has 3 heteroatoms. The lowest BCUT2D eigenvalue weighted by Crippen LogP contribution is -2.29. The third kappa shape index (κ3) is 3.33.